The molecule has 0 saturated carbocycles. The van der Waals surface area contributed by atoms with E-state index in [-0.39, 0.29) is 11.7 Å². The van der Waals surface area contributed by atoms with Gasteiger partial charge >= 0.3 is 6.03 Å². The molecule has 0 aromatic heterocycles. The number of nitrogens with one attached hydrogen (secondary N) is 1. The summed E-state index contributed by atoms with van der Waals surface area (Å²) in [6.07, 6.45) is 3.19. The molecule has 0 atom stereocenters. The minimum atomic E-state index is -0.476. The van der Waals surface area contributed by atoms with E-state index in [9.17, 15) is 14.9 Å². The molecule has 1 aromatic rings. The van der Waals surface area contributed by atoms with Crippen molar-refractivity contribution in [2.75, 3.05) is 18.4 Å². The number of anilines is 1. The molecule has 1 N–H and O–H groups in total. The molecule has 1 aromatic carbocycles. The van der Waals surface area contributed by atoms with Crippen LogP contribution in [0.25, 0.3) is 0 Å². The van der Waals surface area contributed by atoms with Gasteiger partial charge in [0.1, 0.15) is 0 Å². The molecule has 18 heavy (non-hydrogen) atoms. The molecule has 6 nitrogen and oxygen atoms in total. The Kier molecular flexibility index (Phi) is 3.76. The van der Waals surface area contributed by atoms with Gasteiger partial charge in [-0.05, 0) is 25.3 Å². The molecule has 1 fully saturated rings. The minimum Gasteiger partial charge on any atom is -0.325 e. The van der Waals surface area contributed by atoms with Crippen LogP contribution in [0, 0.1) is 10.1 Å². The Morgan fingerprint density at radius 2 is 2.00 bits per heavy atom. The zero-order valence-electron chi connectivity index (χ0n) is 9.96. The molecule has 0 aliphatic carbocycles. The second-order valence-corrected chi connectivity index (χ2v) is 4.29. The highest BCUT2D eigenvalue weighted by atomic mass is 16.6. The van der Waals surface area contributed by atoms with Crippen LogP contribution in [0.15, 0.2) is 24.3 Å². The summed E-state index contributed by atoms with van der Waals surface area (Å²) < 4.78 is 0. The van der Waals surface area contributed by atoms with Crippen LogP contribution in [0.5, 0.6) is 0 Å². The highest BCUT2D eigenvalue weighted by Crippen LogP contribution is 2.18. The van der Waals surface area contributed by atoms with Crippen LogP contribution in [0.4, 0.5) is 16.2 Å². The van der Waals surface area contributed by atoms with E-state index in [0.29, 0.717) is 5.69 Å². The van der Waals surface area contributed by atoms with Crippen molar-refractivity contribution in [1.29, 1.82) is 0 Å². The lowest BCUT2D eigenvalue weighted by Gasteiger charge is -2.26. The van der Waals surface area contributed by atoms with Crippen LogP contribution in [0.2, 0.25) is 0 Å². The van der Waals surface area contributed by atoms with Crippen LogP contribution < -0.4 is 5.32 Å². The Balaban J connectivity index is 2.02. The number of nitrogens with zero attached hydrogens (tertiary/aromatic N) is 2. The number of nitro groups is 1. The number of carbonyl (C=O) groups excluding carboxylic acids is 1. The maximum atomic E-state index is 11.9. The van der Waals surface area contributed by atoms with Gasteiger partial charge in [-0.3, -0.25) is 10.1 Å². The van der Waals surface area contributed by atoms with E-state index in [2.05, 4.69) is 5.32 Å². The number of urea groups is 1. The molecule has 6 heteroatoms. The van der Waals surface area contributed by atoms with Gasteiger partial charge in [-0.25, -0.2) is 4.79 Å². The van der Waals surface area contributed by atoms with E-state index >= 15 is 0 Å². The summed E-state index contributed by atoms with van der Waals surface area (Å²) in [6, 6.07) is 5.78. The lowest BCUT2D eigenvalue weighted by atomic mass is 10.1. The van der Waals surface area contributed by atoms with E-state index in [0.717, 1.165) is 32.4 Å². The van der Waals surface area contributed by atoms with E-state index in [1.807, 2.05) is 0 Å². The molecule has 2 rings (SSSR count). The summed E-state index contributed by atoms with van der Waals surface area (Å²) in [7, 11) is 0. The molecule has 2 amide bonds. The van der Waals surface area contributed by atoms with Crippen molar-refractivity contribution in [2.24, 2.45) is 0 Å². The van der Waals surface area contributed by atoms with Crippen LogP contribution >= 0.6 is 0 Å². The molecule has 0 unspecified atom stereocenters. The molecule has 1 heterocycles. The minimum absolute atomic E-state index is 0.0218. The highest BCUT2D eigenvalue weighted by molar-refractivity contribution is 5.89. The average Bonchev–Trinajstić information content (AvgIpc) is 2.40. The second kappa shape index (κ2) is 5.48. The van der Waals surface area contributed by atoms with E-state index in [1.54, 1.807) is 17.0 Å². The normalized spacial score (nSPS) is 15.2. The molecule has 1 aliphatic heterocycles. The van der Waals surface area contributed by atoms with Gasteiger partial charge in [-0.2, -0.15) is 0 Å². The van der Waals surface area contributed by atoms with Gasteiger partial charge in [0.2, 0.25) is 0 Å². The summed E-state index contributed by atoms with van der Waals surface area (Å²) in [5.74, 6) is 0. The lowest BCUT2D eigenvalue weighted by molar-refractivity contribution is -0.384. The molecule has 1 saturated heterocycles. The average molecular weight is 249 g/mol. The number of hydrogen-bond donors (Lipinski definition) is 1. The monoisotopic (exact) mass is 249 g/mol. The number of rotatable bonds is 2. The third kappa shape index (κ3) is 2.97. The van der Waals surface area contributed by atoms with Gasteiger partial charge < -0.3 is 10.2 Å². The number of benzene rings is 1. The van der Waals surface area contributed by atoms with Crippen molar-refractivity contribution >= 4 is 17.4 Å². The fourth-order valence-corrected chi connectivity index (χ4v) is 2.00. The molecule has 96 valence electrons. The predicted molar refractivity (Wildman–Crippen MR) is 67.5 cm³/mol. The molecule has 0 spiro atoms. The SMILES string of the molecule is O=C(Nc1cccc([N+](=O)[O-])c1)N1CCCCC1. The molecule has 0 bridgehead atoms. The summed E-state index contributed by atoms with van der Waals surface area (Å²) in [4.78, 5) is 23.8. The van der Waals surface area contributed by atoms with E-state index < -0.39 is 4.92 Å². The number of nitro benzene ring substituents is 1. The summed E-state index contributed by atoms with van der Waals surface area (Å²) in [6.45, 7) is 1.50. The molecule has 1 aliphatic rings. The topological polar surface area (TPSA) is 75.5 Å². The Morgan fingerprint density at radius 3 is 2.67 bits per heavy atom. The second-order valence-electron chi connectivity index (χ2n) is 4.29. The Bertz CT molecular complexity index is 456. The van der Waals surface area contributed by atoms with Crippen molar-refractivity contribution < 1.29 is 9.72 Å². The fraction of sp³-hybridized carbons (Fsp3) is 0.417. The summed E-state index contributed by atoms with van der Waals surface area (Å²) in [5, 5.41) is 13.3. The van der Waals surface area contributed by atoms with Crippen LogP contribution in [-0.4, -0.2) is 28.9 Å². The van der Waals surface area contributed by atoms with Crippen molar-refractivity contribution in [3.63, 3.8) is 0 Å². The van der Waals surface area contributed by atoms with Crippen molar-refractivity contribution in [3.05, 3.63) is 34.4 Å². The molecular formula is C12H15N3O3. The maximum absolute atomic E-state index is 11.9. The number of hydrogen-bond acceptors (Lipinski definition) is 3. The lowest BCUT2D eigenvalue weighted by Crippen LogP contribution is -2.38. The smallest absolute Gasteiger partial charge is 0.321 e. The zero-order valence-corrected chi connectivity index (χ0v) is 9.96. The largest absolute Gasteiger partial charge is 0.325 e. The van der Waals surface area contributed by atoms with Crippen LogP contribution in [0.1, 0.15) is 19.3 Å². The Labute approximate surface area is 105 Å². The summed E-state index contributed by atoms with van der Waals surface area (Å²) >= 11 is 0. The number of amides is 2. The van der Waals surface area contributed by atoms with Crippen LogP contribution in [0.3, 0.4) is 0 Å². The Hall–Kier alpha value is -2.11. The zero-order chi connectivity index (χ0) is 13.0. The first-order chi connectivity index (χ1) is 8.66. The quantitative estimate of drug-likeness (QED) is 0.646. The first kappa shape index (κ1) is 12.3. The van der Waals surface area contributed by atoms with Crippen molar-refractivity contribution in [2.45, 2.75) is 19.3 Å². The van der Waals surface area contributed by atoms with E-state index in [1.165, 1.54) is 12.1 Å². The standard InChI is InChI=1S/C12H15N3O3/c16-12(14-7-2-1-3-8-14)13-10-5-4-6-11(9-10)15(17)18/h4-6,9H,1-3,7-8H2,(H,13,16). The maximum Gasteiger partial charge on any atom is 0.321 e. The van der Waals surface area contributed by atoms with Crippen molar-refractivity contribution in [3.8, 4) is 0 Å². The van der Waals surface area contributed by atoms with Gasteiger partial charge in [0.25, 0.3) is 5.69 Å². The number of non-ortho nitro benzene ring substituents is 1. The van der Waals surface area contributed by atoms with Gasteiger partial charge in [0, 0.05) is 30.9 Å². The van der Waals surface area contributed by atoms with Gasteiger partial charge in [-0.15, -0.1) is 0 Å². The predicted octanol–water partition coefficient (Wildman–Crippen LogP) is 2.61. The Morgan fingerprint density at radius 1 is 1.28 bits per heavy atom. The molecular weight excluding hydrogens is 234 g/mol. The van der Waals surface area contributed by atoms with Gasteiger partial charge in [0.15, 0.2) is 0 Å². The first-order valence-corrected chi connectivity index (χ1v) is 5.97. The number of carbonyl (C=O) groups is 1. The van der Waals surface area contributed by atoms with Gasteiger partial charge in [-0.1, -0.05) is 6.07 Å². The number of likely N-dealkylation sites (tertiary alicyclic amines) is 1. The number of piperidine rings is 1. The summed E-state index contributed by atoms with van der Waals surface area (Å²) in [5.41, 5.74) is 0.436. The van der Waals surface area contributed by atoms with Crippen LogP contribution in [-0.2, 0) is 0 Å². The fourth-order valence-electron chi connectivity index (χ4n) is 2.00. The van der Waals surface area contributed by atoms with Gasteiger partial charge in [0.05, 0.1) is 4.92 Å². The van der Waals surface area contributed by atoms with E-state index in [4.69, 9.17) is 0 Å². The highest BCUT2D eigenvalue weighted by Gasteiger charge is 2.17. The third-order valence-corrected chi connectivity index (χ3v) is 2.95. The first-order valence-electron chi connectivity index (χ1n) is 5.97. The third-order valence-electron chi connectivity index (χ3n) is 2.95. The molecule has 0 radical (unpaired) electrons. The van der Waals surface area contributed by atoms with Crippen molar-refractivity contribution in [1.82, 2.24) is 4.90 Å².